The molecule has 0 saturated carbocycles. The van der Waals surface area contributed by atoms with Gasteiger partial charge in [0.2, 0.25) is 0 Å². The summed E-state index contributed by atoms with van der Waals surface area (Å²) in [7, 11) is 2.11. The first-order valence-corrected chi connectivity index (χ1v) is 10.3. The number of likely N-dealkylation sites (N-methyl/N-ethyl adjacent to an activating group) is 1. The molecular formula is C23H25F2N3O. The fourth-order valence-corrected chi connectivity index (χ4v) is 4.97. The Morgan fingerprint density at radius 2 is 1.97 bits per heavy atom. The maximum absolute atomic E-state index is 14.1. The molecule has 3 aliphatic heterocycles. The van der Waals surface area contributed by atoms with Crippen LogP contribution in [0, 0.1) is 11.6 Å². The van der Waals surface area contributed by atoms with Gasteiger partial charge in [0.15, 0.2) is 11.6 Å². The van der Waals surface area contributed by atoms with Crippen LogP contribution in [-0.2, 0) is 11.2 Å². The quantitative estimate of drug-likeness (QED) is 0.734. The van der Waals surface area contributed by atoms with Gasteiger partial charge in [0, 0.05) is 13.1 Å². The van der Waals surface area contributed by atoms with Gasteiger partial charge in [-0.05, 0) is 61.7 Å². The van der Waals surface area contributed by atoms with Crippen molar-refractivity contribution in [1.29, 1.82) is 0 Å². The summed E-state index contributed by atoms with van der Waals surface area (Å²) >= 11 is 0. The van der Waals surface area contributed by atoms with E-state index in [4.69, 9.17) is 9.73 Å². The third-order valence-electron chi connectivity index (χ3n) is 6.33. The smallest absolute Gasteiger partial charge is 0.288 e. The maximum atomic E-state index is 14.1. The average Bonchev–Trinajstić information content (AvgIpc) is 3.12. The maximum Gasteiger partial charge on any atom is 0.288 e. The molecule has 2 aromatic rings. The van der Waals surface area contributed by atoms with Gasteiger partial charge in [0.05, 0.1) is 12.6 Å². The summed E-state index contributed by atoms with van der Waals surface area (Å²) < 4.78 is 34.2. The number of hydrogen-bond donors (Lipinski definition) is 0. The Labute approximate surface area is 169 Å². The highest BCUT2D eigenvalue weighted by atomic mass is 19.2. The monoisotopic (exact) mass is 397 g/mol. The molecule has 0 unspecified atom stereocenters. The van der Waals surface area contributed by atoms with Gasteiger partial charge in [-0.2, -0.15) is 0 Å². The predicted octanol–water partition coefficient (Wildman–Crippen LogP) is 3.76. The zero-order chi connectivity index (χ0) is 20.0. The van der Waals surface area contributed by atoms with Crippen LogP contribution in [0.1, 0.15) is 35.6 Å². The molecule has 0 bridgehead atoms. The molecule has 1 spiro atoms. The molecule has 152 valence electrons. The van der Waals surface area contributed by atoms with Crippen LogP contribution in [0.5, 0.6) is 0 Å². The van der Waals surface area contributed by atoms with Crippen LogP contribution < -0.4 is 0 Å². The standard InChI is InChI=1S/C23H25F2N3O/c1-27-11-4-10-23(15-27)14-26-22(29-23)28-12-9-16-5-2-3-6-18(16)21(28)17-7-8-19(24)20(25)13-17/h2-3,5-8,13,21H,4,9-12,14-15H2,1H3/t21-,23-/m1/s1. The summed E-state index contributed by atoms with van der Waals surface area (Å²) in [4.78, 5) is 9.20. The summed E-state index contributed by atoms with van der Waals surface area (Å²) in [6.45, 7) is 3.32. The number of halogens is 2. The summed E-state index contributed by atoms with van der Waals surface area (Å²) in [6, 6.07) is 12.7. The van der Waals surface area contributed by atoms with E-state index >= 15 is 0 Å². The third kappa shape index (κ3) is 3.29. The lowest BCUT2D eigenvalue weighted by Crippen LogP contribution is -2.51. The Bertz CT molecular complexity index is 963. The SMILES string of the molecule is CN1CCC[C@@]2(CN=C(N3CCc4ccccc4[C@H]3c3ccc(F)c(F)c3)O2)C1. The normalized spacial score (nSPS) is 26.9. The lowest BCUT2D eigenvalue weighted by Gasteiger charge is -2.41. The van der Waals surface area contributed by atoms with Gasteiger partial charge in [0.1, 0.15) is 5.60 Å². The molecule has 5 rings (SSSR count). The van der Waals surface area contributed by atoms with Crippen molar-refractivity contribution in [3.05, 3.63) is 70.8 Å². The van der Waals surface area contributed by atoms with E-state index in [2.05, 4.69) is 29.0 Å². The topological polar surface area (TPSA) is 28.1 Å². The van der Waals surface area contributed by atoms with Gasteiger partial charge in [-0.15, -0.1) is 0 Å². The zero-order valence-electron chi connectivity index (χ0n) is 16.6. The summed E-state index contributed by atoms with van der Waals surface area (Å²) in [5, 5.41) is 0. The summed E-state index contributed by atoms with van der Waals surface area (Å²) in [5.74, 6) is -1.66. The Hall–Kier alpha value is -2.47. The van der Waals surface area contributed by atoms with Gasteiger partial charge in [-0.1, -0.05) is 30.3 Å². The minimum atomic E-state index is -0.831. The van der Waals surface area contributed by atoms with E-state index in [0.717, 1.165) is 44.5 Å². The molecule has 0 N–H and O–H groups in total. The number of aliphatic imine (C=N–C) groups is 1. The number of fused-ring (bicyclic) bond motifs is 1. The van der Waals surface area contributed by atoms with Crippen LogP contribution in [0.4, 0.5) is 8.78 Å². The molecule has 1 fully saturated rings. The highest BCUT2D eigenvalue weighted by molar-refractivity contribution is 5.78. The predicted molar refractivity (Wildman–Crippen MR) is 108 cm³/mol. The molecule has 2 atom stereocenters. The lowest BCUT2D eigenvalue weighted by atomic mass is 9.88. The molecule has 0 aromatic heterocycles. The van der Waals surface area contributed by atoms with Crippen molar-refractivity contribution < 1.29 is 13.5 Å². The first kappa shape index (κ1) is 18.6. The second-order valence-electron chi connectivity index (χ2n) is 8.44. The molecule has 4 nitrogen and oxygen atoms in total. The zero-order valence-corrected chi connectivity index (χ0v) is 16.6. The number of amidine groups is 1. The van der Waals surface area contributed by atoms with Crippen molar-refractivity contribution in [2.24, 2.45) is 4.99 Å². The highest BCUT2D eigenvalue weighted by Gasteiger charge is 2.44. The average molecular weight is 397 g/mol. The first-order chi connectivity index (χ1) is 14.0. The number of rotatable bonds is 1. The molecule has 29 heavy (non-hydrogen) atoms. The van der Waals surface area contributed by atoms with Gasteiger partial charge in [0.25, 0.3) is 6.02 Å². The number of hydrogen-bond acceptors (Lipinski definition) is 4. The second kappa shape index (κ2) is 7.10. The van der Waals surface area contributed by atoms with E-state index in [9.17, 15) is 8.78 Å². The fourth-order valence-electron chi connectivity index (χ4n) is 4.97. The van der Waals surface area contributed by atoms with Crippen LogP contribution in [-0.4, -0.2) is 54.6 Å². The van der Waals surface area contributed by atoms with Gasteiger partial charge < -0.3 is 14.5 Å². The first-order valence-electron chi connectivity index (χ1n) is 10.3. The highest BCUT2D eigenvalue weighted by Crippen LogP contribution is 2.39. The van der Waals surface area contributed by atoms with Crippen molar-refractivity contribution >= 4 is 6.02 Å². The van der Waals surface area contributed by atoms with E-state index in [1.54, 1.807) is 6.07 Å². The fraction of sp³-hybridized carbons (Fsp3) is 0.435. The minimum absolute atomic E-state index is 0.245. The van der Waals surface area contributed by atoms with E-state index in [-0.39, 0.29) is 11.6 Å². The van der Waals surface area contributed by atoms with Crippen LogP contribution in [0.25, 0.3) is 0 Å². The molecular weight excluding hydrogens is 372 g/mol. The van der Waals surface area contributed by atoms with Crippen molar-refractivity contribution in [3.63, 3.8) is 0 Å². The van der Waals surface area contributed by atoms with Crippen LogP contribution in [0.2, 0.25) is 0 Å². The van der Waals surface area contributed by atoms with Crippen molar-refractivity contribution in [2.75, 3.05) is 33.2 Å². The Morgan fingerprint density at radius 3 is 2.79 bits per heavy atom. The third-order valence-corrected chi connectivity index (χ3v) is 6.33. The second-order valence-corrected chi connectivity index (χ2v) is 8.44. The van der Waals surface area contributed by atoms with Gasteiger partial charge in [-0.3, -0.25) is 0 Å². The Morgan fingerprint density at radius 1 is 1.10 bits per heavy atom. The van der Waals surface area contributed by atoms with E-state index in [1.165, 1.54) is 17.7 Å². The van der Waals surface area contributed by atoms with Crippen molar-refractivity contribution in [3.8, 4) is 0 Å². The summed E-state index contributed by atoms with van der Waals surface area (Å²) in [6.07, 6.45) is 2.95. The van der Waals surface area contributed by atoms with Crippen molar-refractivity contribution in [1.82, 2.24) is 9.80 Å². The molecule has 0 amide bonds. The molecule has 6 heteroatoms. The van der Waals surface area contributed by atoms with E-state index in [1.807, 2.05) is 12.1 Å². The Balaban J connectivity index is 1.51. The van der Waals surface area contributed by atoms with Gasteiger partial charge >= 0.3 is 0 Å². The summed E-state index contributed by atoms with van der Waals surface area (Å²) in [5.41, 5.74) is 2.77. The number of piperidine rings is 1. The molecule has 1 saturated heterocycles. The largest absolute Gasteiger partial charge is 0.455 e. The molecule has 3 aliphatic rings. The Kier molecular flexibility index (Phi) is 4.54. The number of ether oxygens (including phenoxy) is 1. The van der Waals surface area contributed by atoms with E-state index in [0.29, 0.717) is 18.1 Å². The number of likely N-dealkylation sites (tertiary alicyclic amines) is 1. The lowest BCUT2D eigenvalue weighted by molar-refractivity contribution is 0.000258. The minimum Gasteiger partial charge on any atom is -0.455 e. The molecule has 0 radical (unpaired) electrons. The number of nitrogens with zero attached hydrogens (tertiary/aromatic N) is 3. The molecule has 0 aliphatic carbocycles. The molecule has 3 heterocycles. The van der Waals surface area contributed by atoms with Crippen LogP contribution in [0.3, 0.4) is 0 Å². The van der Waals surface area contributed by atoms with Crippen LogP contribution in [0.15, 0.2) is 47.5 Å². The molecule has 2 aromatic carbocycles. The van der Waals surface area contributed by atoms with Crippen molar-refractivity contribution in [2.45, 2.75) is 30.9 Å². The van der Waals surface area contributed by atoms with E-state index < -0.39 is 11.6 Å². The van der Waals surface area contributed by atoms with Crippen LogP contribution >= 0.6 is 0 Å². The number of benzene rings is 2. The van der Waals surface area contributed by atoms with Gasteiger partial charge in [-0.25, -0.2) is 13.8 Å².